The van der Waals surface area contributed by atoms with Crippen LogP contribution in [-0.4, -0.2) is 0 Å². The first-order valence-electron chi connectivity index (χ1n) is 2.40. The molecule has 0 radical (unpaired) electrons. The Morgan fingerprint density at radius 3 is 0.667 bits per heavy atom. The molecule has 0 aromatic carbocycles. The molecule has 0 aliphatic rings. The number of hydrogen-bond donors (Lipinski definition) is 0. The zero-order valence-electron chi connectivity index (χ0n) is 7.35. The van der Waals surface area contributed by atoms with Crippen molar-refractivity contribution in [2.75, 3.05) is 0 Å². The van der Waals surface area contributed by atoms with Crippen LogP contribution in [0, 0.1) is 61.4 Å². The first-order chi connectivity index (χ1) is 5.97. The van der Waals surface area contributed by atoms with Gasteiger partial charge in [0.1, 0.15) is 0 Å². The molecule has 0 saturated heterocycles. The summed E-state index contributed by atoms with van der Waals surface area (Å²) in [6.07, 6.45) is 0. The van der Waals surface area contributed by atoms with E-state index in [-0.39, 0.29) is 67.9 Å². The Kier molecular flexibility index (Phi) is 6.79. The topological polar surface area (TPSA) is 143 Å². The molecule has 6 nitrogen and oxygen atoms in total. The first-order valence-corrected chi connectivity index (χ1v) is 5.71. The molecule has 73 valence electrons. The third-order valence-corrected chi connectivity index (χ3v) is 4.89. The molecule has 9 heteroatoms. The van der Waals surface area contributed by atoms with Gasteiger partial charge < -0.3 is 0 Å². The standard InChI is InChI=1S/6CN.Fe.K.Ni/c6*1-2;;;/q;;;;;;-3;+1;+2. The summed E-state index contributed by atoms with van der Waals surface area (Å²) in [5, 5.41) is 51.5. The van der Waals surface area contributed by atoms with Crippen molar-refractivity contribution >= 4 is 0 Å². The van der Waals surface area contributed by atoms with Gasteiger partial charge in [-0.3, -0.25) is 0 Å². The fourth-order valence-corrected chi connectivity index (χ4v) is 1.09. The van der Waals surface area contributed by atoms with E-state index in [1.165, 1.54) is 0 Å². The molecule has 0 aliphatic carbocycles. The molecule has 0 unspecified atom stereocenters. The van der Waals surface area contributed by atoms with Gasteiger partial charge in [-0.15, -0.1) is 0 Å². The Bertz CT molecular complexity index is 397. The van der Waals surface area contributed by atoms with E-state index in [1.807, 2.05) is 0 Å². The molecular formula is C6FeKN6Ni. The zero-order chi connectivity index (χ0) is 10.7. The maximum atomic E-state index is 8.58. The Morgan fingerprint density at radius 2 is 0.667 bits per heavy atom. The Labute approximate surface area is 138 Å². The fraction of sp³-hybridized carbons (Fsp3) is 0. The predicted octanol–water partition coefficient (Wildman–Crippen LogP) is -2.90. The molecule has 0 aliphatic heterocycles. The van der Waals surface area contributed by atoms with E-state index in [2.05, 4.69) is 0 Å². The molecule has 0 spiro atoms. The van der Waals surface area contributed by atoms with Gasteiger partial charge in [-0.2, -0.15) is 0 Å². The molecule has 0 amide bonds. The second-order valence-electron chi connectivity index (χ2n) is 1.80. The molecule has 0 fully saturated rings. The van der Waals surface area contributed by atoms with Gasteiger partial charge in [-0.1, -0.05) is 0 Å². The molecular weight excluding hydrogens is 310 g/mol. The van der Waals surface area contributed by atoms with Crippen LogP contribution in [-0.2, 0) is 27.2 Å². The van der Waals surface area contributed by atoms with Crippen LogP contribution < -0.4 is 51.4 Å². The van der Waals surface area contributed by atoms with Crippen molar-refractivity contribution in [3.05, 3.63) is 0 Å². The molecule has 15 heavy (non-hydrogen) atoms. The average molecular weight is 310 g/mol. The summed E-state index contributed by atoms with van der Waals surface area (Å²) in [7, 11) is -6.17. The minimum Gasteiger partial charge on any atom is 1.00 e. The summed E-state index contributed by atoms with van der Waals surface area (Å²) in [5.74, 6) is 0. The van der Waals surface area contributed by atoms with Crippen LogP contribution in [0.2, 0.25) is 0 Å². The van der Waals surface area contributed by atoms with Gasteiger partial charge in [0.25, 0.3) is 0 Å². The molecule has 0 bridgehead atoms. The van der Waals surface area contributed by atoms with Gasteiger partial charge in [0, 0.05) is 0 Å². The average Bonchev–Trinajstić information content (AvgIpc) is 2.26. The number of nitrogens with zero attached hydrogens (tertiary/aromatic N) is 6. The first kappa shape index (κ1) is 20.1. The molecule has 0 aromatic heterocycles. The van der Waals surface area contributed by atoms with E-state index in [0.717, 1.165) is 29.8 Å². The summed E-state index contributed by atoms with van der Waals surface area (Å²) in [5.41, 5.74) is 0. The molecule has 0 saturated carbocycles. The van der Waals surface area contributed by atoms with E-state index in [4.69, 9.17) is 31.6 Å². The van der Waals surface area contributed by atoms with Gasteiger partial charge in [0.15, 0.2) is 0 Å². The fourth-order valence-electron chi connectivity index (χ4n) is 0.265. The summed E-state index contributed by atoms with van der Waals surface area (Å²) < 4.78 is 0. The van der Waals surface area contributed by atoms with Crippen molar-refractivity contribution in [1.82, 2.24) is 0 Å². The summed E-state index contributed by atoms with van der Waals surface area (Å²) in [4.78, 5) is 6.19. The second kappa shape index (κ2) is 5.08. The van der Waals surface area contributed by atoms with Gasteiger partial charge in [0.2, 0.25) is 0 Å². The van der Waals surface area contributed by atoms with Gasteiger partial charge in [-0.05, 0) is 0 Å². The van der Waals surface area contributed by atoms with E-state index >= 15 is 0 Å². The van der Waals surface area contributed by atoms with Crippen LogP contribution in [0.4, 0.5) is 0 Å². The summed E-state index contributed by atoms with van der Waals surface area (Å²) in [6, 6.07) is 0. The maximum absolute atomic E-state index is 8.58. The van der Waals surface area contributed by atoms with Crippen molar-refractivity contribution in [2.45, 2.75) is 0 Å². The number of rotatable bonds is 0. The van der Waals surface area contributed by atoms with Crippen molar-refractivity contribution in [1.29, 1.82) is 31.6 Å². The molecule has 0 aromatic rings. The smallest absolute Gasteiger partial charge is 1.00 e. The van der Waals surface area contributed by atoms with Gasteiger partial charge >= 0.3 is 140 Å². The maximum Gasteiger partial charge on any atom is 2.00 e. The van der Waals surface area contributed by atoms with Crippen LogP contribution in [0.3, 0.4) is 0 Å². The molecule has 0 rings (SSSR count). The van der Waals surface area contributed by atoms with Crippen molar-refractivity contribution in [2.24, 2.45) is 0 Å². The van der Waals surface area contributed by atoms with Crippen LogP contribution in [0.15, 0.2) is 0 Å². The van der Waals surface area contributed by atoms with Crippen LogP contribution in [0.5, 0.6) is 0 Å². The third-order valence-electron chi connectivity index (χ3n) is 1.19. The largest absolute Gasteiger partial charge is 2.00 e. The van der Waals surface area contributed by atoms with Crippen LogP contribution in [0.25, 0.3) is 0 Å². The van der Waals surface area contributed by atoms with Gasteiger partial charge in [-0.25, -0.2) is 0 Å². The molecule has 0 N–H and O–H groups in total. The molecule has 0 heterocycles. The Morgan fingerprint density at radius 1 is 0.533 bits per heavy atom. The van der Waals surface area contributed by atoms with Crippen molar-refractivity contribution in [3.8, 4) is 29.8 Å². The van der Waals surface area contributed by atoms with E-state index in [9.17, 15) is 0 Å². The van der Waals surface area contributed by atoms with Crippen molar-refractivity contribution in [3.63, 3.8) is 0 Å². The van der Waals surface area contributed by atoms with E-state index in [0.29, 0.717) is 0 Å². The van der Waals surface area contributed by atoms with Crippen molar-refractivity contribution < 1.29 is 78.6 Å². The SMILES string of the molecule is N#[C][Fe-3]([C]#N)([C]#N)([C]#N)([C]#N)[C]#N.[K+].[Ni+2]. The zero-order valence-corrected chi connectivity index (χ0v) is 12.6. The minimum absolute atomic E-state index is 0. The third kappa shape index (κ3) is 2.08. The van der Waals surface area contributed by atoms with Crippen LogP contribution in [0.1, 0.15) is 0 Å². The monoisotopic (exact) mass is 309 g/mol. The Balaban J connectivity index is -0.000000720. The normalized spacial score (nSPS) is 11.6. The summed E-state index contributed by atoms with van der Waals surface area (Å²) in [6.45, 7) is 0. The Hall–Kier alpha value is -0.411. The van der Waals surface area contributed by atoms with E-state index in [1.54, 1.807) is 0 Å². The second-order valence-corrected chi connectivity index (χ2v) is 7.42. The number of hydrogen-bond acceptors (Lipinski definition) is 6. The van der Waals surface area contributed by atoms with Crippen LogP contribution >= 0.6 is 0 Å². The number of nitriles is 6. The molecule has 0 atom stereocenters. The summed E-state index contributed by atoms with van der Waals surface area (Å²) >= 11 is 0. The quantitative estimate of drug-likeness (QED) is 0.439. The van der Waals surface area contributed by atoms with Gasteiger partial charge in [0.05, 0.1) is 0 Å². The minimum atomic E-state index is -6.17. The predicted molar refractivity (Wildman–Crippen MR) is 33.7 cm³/mol. The van der Waals surface area contributed by atoms with E-state index < -0.39 is 10.7 Å².